The maximum absolute atomic E-state index is 6.08. The zero-order valence-corrected chi connectivity index (χ0v) is 15.4. The van der Waals surface area contributed by atoms with Gasteiger partial charge in [0.15, 0.2) is 0 Å². The lowest BCUT2D eigenvalue weighted by atomic mass is 10.1. The van der Waals surface area contributed by atoms with Crippen molar-refractivity contribution in [3.8, 4) is 5.75 Å². The van der Waals surface area contributed by atoms with Crippen LogP contribution in [0.4, 0.5) is 0 Å². The van der Waals surface area contributed by atoms with Crippen molar-refractivity contribution in [2.24, 2.45) is 0 Å². The lowest BCUT2D eigenvalue weighted by Crippen LogP contribution is -2.35. The summed E-state index contributed by atoms with van der Waals surface area (Å²) >= 11 is 5.28. The first-order valence-electron chi connectivity index (χ1n) is 7.03. The summed E-state index contributed by atoms with van der Waals surface area (Å²) < 4.78 is 7.17. The molecule has 0 saturated heterocycles. The first kappa shape index (κ1) is 16.5. The van der Waals surface area contributed by atoms with Gasteiger partial charge in [0, 0.05) is 22.1 Å². The fraction of sp³-hybridized carbons (Fsp3) is 0.412. The van der Waals surface area contributed by atoms with Gasteiger partial charge < -0.3 is 10.1 Å². The van der Waals surface area contributed by atoms with Crippen molar-refractivity contribution in [2.45, 2.75) is 46.4 Å². The van der Waals surface area contributed by atoms with Crippen molar-refractivity contribution in [1.29, 1.82) is 0 Å². The highest BCUT2D eigenvalue weighted by atomic mass is 79.9. The summed E-state index contributed by atoms with van der Waals surface area (Å²) in [5.41, 5.74) is 3.65. The molecule has 2 aromatic rings. The van der Waals surface area contributed by atoms with E-state index in [0.717, 1.165) is 22.3 Å². The molecule has 2 rings (SSSR count). The number of hydrogen-bond acceptors (Lipinski definition) is 3. The van der Waals surface area contributed by atoms with Gasteiger partial charge in [-0.25, -0.2) is 0 Å². The molecule has 114 valence electrons. The Morgan fingerprint density at radius 3 is 2.67 bits per heavy atom. The minimum absolute atomic E-state index is 0.0842. The number of aryl methyl sites for hydroxylation is 1. The van der Waals surface area contributed by atoms with Gasteiger partial charge in [0.2, 0.25) is 0 Å². The highest BCUT2D eigenvalue weighted by Crippen LogP contribution is 2.29. The minimum Gasteiger partial charge on any atom is -0.488 e. The van der Waals surface area contributed by atoms with Crippen LogP contribution in [-0.2, 0) is 13.2 Å². The van der Waals surface area contributed by atoms with Crippen LogP contribution in [0.3, 0.4) is 0 Å². The lowest BCUT2D eigenvalue weighted by Gasteiger charge is -2.22. The predicted octanol–water partition coefficient (Wildman–Crippen LogP) is 5.29. The molecule has 0 aliphatic rings. The summed E-state index contributed by atoms with van der Waals surface area (Å²) in [7, 11) is 0. The number of halogens is 1. The van der Waals surface area contributed by atoms with Crippen LogP contribution in [0.15, 0.2) is 33.4 Å². The number of benzene rings is 1. The van der Waals surface area contributed by atoms with E-state index in [9.17, 15) is 0 Å². The third-order valence-corrected chi connectivity index (χ3v) is 4.28. The summed E-state index contributed by atoms with van der Waals surface area (Å²) in [6.07, 6.45) is 0. The van der Waals surface area contributed by atoms with Gasteiger partial charge in [0.25, 0.3) is 0 Å². The average molecular weight is 368 g/mol. The molecule has 0 atom stereocenters. The van der Waals surface area contributed by atoms with Crippen LogP contribution in [0.5, 0.6) is 5.75 Å². The zero-order valence-electron chi connectivity index (χ0n) is 13.0. The van der Waals surface area contributed by atoms with Gasteiger partial charge in [0.05, 0.1) is 0 Å². The van der Waals surface area contributed by atoms with Crippen LogP contribution < -0.4 is 10.1 Å². The Morgan fingerprint density at radius 1 is 1.29 bits per heavy atom. The van der Waals surface area contributed by atoms with E-state index < -0.39 is 0 Å². The third kappa shape index (κ3) is 5.13. The van der Waals surface area contributed by atoms with E-state index in [1.54, 1.807) is 11.3 Å². The first-order valence-corrected chi connectivity index (χ1v) is 8.77. The van der Waals surface area contributed by atoms with Crippen molar-refractivity contribution in [1.82, 2.24) is 5.32 Å². The lowest BCUT2D eigenvalue weighted by molar-refractivity contribution is 0.298. The van der Waals surface area contributed by atoms with Gasteiger partial charge in [-0.1, -0.05) is 15.9 Å². The number of ether oxygens (including phenoxy) is 1. The molecule has 0 fully saturated rings. The molecule has 0 unspecified atom stereocenters. The second kappa shape index (κ2) is 6.95. The second-order valence-electron chi connectivity index (χ2n) is 6.23. The van der Waals surface area contributed by atoms with Gasteiger partial charge in [-0.15, -0.1) is 0 Å². The van der Waals surface area contributed by atoms with E-state index in [-0.39, 0.29) is 5.54 Å². The number of nitrogens with one attached hydrogen (secondary N) is 1. The van der Waals surface area contributed by atoms with Crippen molar-refractivity contribution < 1.29 is 4.74 Å². The molecule has 21 heavy (non-hydrogen) atoms. The van der Waals surface area contributed by atoms with Crippen molar-refractivity contribution in [3.63, 3.8) is 0 Å². The fourth-order valence-corrected chi connectivity index (χ4v) is 3.30. The fourth-order valence-electron chi connectivity index (χ4n) is 2.03. The Kier molecular flexibility index (Phi) is 5.47. The Balaban J connectivity index is 2.17. The average Bonchev–Trinajstić information content (AvgIpc) is 2.87. The van der Waals surface area contributed by atoms with E-state index in [0.29, 0.717) is 6.61 Å². The molecule has 0 bridgehead atoms. The molecule has 1 aromatic heterocycles. The first-order chi connectivity index (χ1) is 9.85. The van der Waals surface area contributed by atoms with Crippen molar-refractivity contribution in [2.75, 3.05) is 0 Å². The van der Waals surface area contributed by atoms with Crippen LogP contribution in [0, 0.1) is 6.92 Å². The molecular weight excluding hydrogens is 346 g/mol. The molecule has 4 heteroatoms. The van der Waals surface area contributed by atoms with Gasteiger partial charge >= 0.3 is 0 Å². The van der Waals surface area contributed by atoms with Gasteiger partial charge in [-0.2, -0.15) is 11.3 Å². The van der Waals surface area contributed by atoms with Gasteiger partial charge in [-0.3, -0.25) is 0 Å². The van der Waals surface area contributed by atoms with Crippen molar-refractivity contribution in [3.05, 3.63) is 50.1 Å². The molecule has 2 nitrogen and oxygen atoms in total. The van der Waals surface area contributed by atoms with E-state index >= 15 is 0 Å². The van der Waals surface area contributed by atoms with E-state index in [2.05, 4.69) is 77.9 Å². The summed E-state index contributed by atoms with van der Waals surface area (Å²) in [6, 6.07) is 6.34. The largest absolute Gasteiger partial charge is 0.488 e. The quantitative estimate of drug-likeness (QED) is 0.775. The SMILES string of the molecule is Cc1cc(Br)cc(CNC(C)(C)C)c1OCc1ccsc1. The highest BCUT2D eigenvalue weighted by molar-refractivity contribution is 9.10. The zero-order chi connectivity index (χ0) is 15.5. The molecular formula is C17H22BrNOS. The van der Waals surface area contributed by atoms with Gasteiger partial charge in [-0.05, 0) is 67.8 Å². The normalized spacial score (nSPS) is 11.7. The molecule has 0 aliphatic carbocycles. The molecule has 0 aliphatic heterocycles. The van der Waals surface area contributed by atoms with Crippen LogP contribution in [0.1, 0.15) is 37.5 Å². The van der Waals surface area contributed by atoms with Crippen LogP contribution in [-0.4, -0.2) is 5.54 Å². The molecule has 1 heterocycles. The molecule has 0 radical (unpaired) electrons. The second-order valence-corrected chi connectivity index (χ2v) is 7.93. The van der Waals surface area contributed by atoms with E-state index in [1.807, 2.05) is 0 Å². The summed E-state index contributed by atoms with van der Waals surface area (Å²) in [5.74, 6) is 0.987. The minimum atomic E-state index is 0.0842. The van der Waals surface area contributed by atoms with Crippen LogP contribution >= 0.6 is 27.3 Å². The Labute approximate surface area is 139 Å². The molecule has 1 aromatic carbocycles. The van der Waals surface area contributed by atoms with E-state index in [1.165, 1.54) is 11.1 Å². The Morgan fingerprint density at radius 2 is 2.05 bits per heavy atom. The predicted molar refractivity (Wildman–Crippen MR) is 94.1 cm³/mol. The maximum atomic E-state index is 6.08. The Hall–Kier alpha value is -0.840. The summed E-state index contributed by atoms with van der Waals surface area (Å²) in [6.45, 7) is 10.0. The summed E-state index contributed by atoms with van der Waals surface area (Å²) in [5, 5.41) is 7.73. The highest BCUT2D eigenvalue weighted by Gasteiger charge is 2.13. The van der Waals surface area contributed by atoms with Gasteiger partial charge in [0.1, 0.15) is 12.4 Å². The smallest absolute Gasteiger partial charge is 0.127 e. The molecule has 0 saturated carbocycles. The van der Waals surface area contributed by atoms with E-state index in [4.69, 9.17) is 4.74 Å². The number of rotatable bonds is 5. The number of thiophene rings is 1. The summed E-state index contributed by atoms with van der Waals surface area (Å²) in [4.78, 5) is 0. The number of hydrogen-bond donors (Lipinski definition) is 1. The van der Waals surface area contributed by atoms with Crippen molar-refractivity contribution >= 4 is 27.3 Å². The molecule has 0 spiro atoms. The van der Waals surface area contributed by atoms with Crippen LogP contribution in [0.2, 0.25) is 0 Å². The molecule has 0 amide bonds. The maximum Gasteiger partial charge on any atom is 0.127 e. The topological polar surface area (TPSA) is 21.3 Å². The Bertz CT molecular complexity index is 588. The van der Waals surface area contributed by atoms with Crippen LogP contribution in [0.25, 0.3) is 0 Å². The monoisotopic (exact) mass is 367 g/mol. The third-order valence-electron chi connectivity index (χ3n) is 3.09. The standard InChI is InChI=1S/C17H22BrNOS/c1-12-7-15(18)8-14(9-19-17(2,3)4)16(12)20-10-13-5-6-21-11-13/h5-8,11,19H,9-10H2,1-4H3. The molecule has 1 N–H and O–H groups in total.